The van der Waals surface area contributed by atoms with Crippen molar-refractivity contribution in [3.63, 3.8) is 0 Å². The van der Waals surface area contributed by atoms with Crippen LogP contribution in [-0.4, -0.2) is 11.6 Å². The third-order valence-electron chi connectivity index (χ3n) is 1.55. The van der Waals surface area contributed by atoms with Gasteiger partial charge in [0, 0.05) is 13.3 Å². The Morgan fingerprint density at radius 1 is 1.33 bits per heavy atom. The maximum absolute atomic E-state index is 11.0. The molecule has 64 valence electrons. The second-order valence-corrected chi connectivity index (χ2v) is 2.50. The molecule has 0 radical (unpaired) electrons. The van der Waals surface area contributed by atoms with E-state index in [1.165, 1.54) is 19.1 Å². The fourth-order valence-electron chi connectivity index (χ4n) is 0.851. The van der Waals surface area contributed by atoms with Crippen molar-refractivity contribution in [3.05, 3.63) is 23.7 Å². The molecule has 0 bridgehead atoms. The smallest absolute Gasteiger partial charge is 0.197 e. The Labute approximate surface area is 70.4 Å². The van der Waals surface area contributed by atoms with E-state index in [2.05, 4.69) is 0 Å². The number of carbonyl (C=O) groups is 2. The number of ketones is 2. The zero-order valence-corrected chi connectivity index (χ0v) is 7.09. The van der Waals surface area contributed by atoms with Crippen molar-refractivity contribution in [1.29, 1.82) is 0 Å². The van der Waals surface area contributed by atoms with Gasteiger partial charge < -0.3 is 4.42 Å². The van der Waals surface area contributed by atoms with Gasteiger partial charge in [0.1, 0.15) is 0 Å². The van der Waals surface area contributed by atoms with Crippen molar-refractivity contribution in [1.82, 2.24) is 0 Å². The Morgan fingerprint density at radius 3 is 2.33 bits per heavy atom. The number of furan rings is 1. The summed E-state index contributed by atoms with van der Waals surface area (Å²) in [6.45, 7) is 3.15. The first kappa shape index (κ1) is 8.71. The summed E-state index contributed by atoms with van der Waals surface area (Å²) in [5.41, 5.74) is 0. The number of rotatable bonds is 3. The minimum Gasteiger partial charge on any atom is -0.450 e. The highest BCUT2D eigenvalue weighted by Crippen LogP contribution is 2.10. The van der Waals surface area contributed by atoms with E-state index in [1.807, 2.05) is 0 Å². The largest absolute Gasteiger partial charge is 0.450 e. The SMILES string of the molecule is CCC(=O)c1ccc(C(C)=O)o1. The molecule has 0 saturated carbocycles. The quantitative estimate of drug-likeness (QED) is 0.646. The zero-order chi connectivity index (χ0) is 9.14. The highest BCUT2D eigenvalue weighted by molar-refractivity contribution is 5.96. The minimum atomic E-state index is -0.162. The van der Waals surface area contributed by atoms with E-state index < -0.39 is 0 Å². The van der Waals surface area contributed by atoms with Gasteiger partial charge in [-0.05, 0) is 12.1 Å². The van der Waals surface area contributed by atoms with Gasteiger partial charge in [-0.2, -0.15) is 0 Å². The van der Waals surface area contributed by atoms with Crippen molar-refractivity contribution in [2.75, 3.05) is 0 Å². The van der Waals surface area contributed by atoms with Gasteiger partial charge in [0.2, 0.25) is 0 Å². The van der Waals surface area contributed by atoms with Gasteiger partial charge in [-0.15, -0.1) is 0 Å². The van der Waals surface area contributed by atoms with E-state index in [9.17, 15) is 9.59 Å². The molecule has 0 saturated heterocycles. The second kappa shape index (κ2) is 3.34. The van der Waals surface area contributed by atoms with Gasteiger partial charge >= 0.3 is 0 Å². The number of hydrogen-bond acceptors (Lipinski definition) is 3. The Hall–Kier alpha value is -1.38. The maximum atomic E-state index is 11.0. The first-order valence-corrected chi connectivity index (χ1v) is 3.79. The van der Waals surface area contributed by atoms with E-state index in [0.29, 0.717) is 6.42 Å². The fourth-order valence-corrected chi connectivity index (χ4v) is 0.851. The predicted octanol–water partition coefficient (Wildman–Crippen LogP) is 2.07. The summed E-state index contributed by atoms with van der Waals surface area (Å²) in [6, 6.07) is 3.05. The van der Waals surface area contributed by atoms with Crippen molar-refractivity contribution >= 4 is 11.6 Å². The fraction of sp³-hybridized carbons (Fsp3) is 0.333. The van der Waals surface area contributed by atoms with Gasteiger partial charge in [-0.25, -0.2) is 0 Å². The molecule has 0 fully saturated rings. The molecule has 12 heavy (non-hydrogen) atoms. The molecule has 0 aromatic carbocycles. The van der Waals surface area contributed by atoms with Gasteiger partial charge in [-0.3, -0.25) is 9.59 Å². The average molecular weight is 166 g/mol. The van der Waals surface area contributed by atoms with Crippen LogP contribution in [0.3, 0.4) is 0 Å². The predicted molar refractivity (Wildman–Crippen MR) is 43.3 cm³/mol. The third kappa shape index (κ3) is 1.61. The van der Waals surface area contributed by atoms with Crippen molar-refractivity contribution < 1.29 is 14.0 Å². The number of carbonyl (C=O) groups excluding carboxylic acids is 2. The zero-order valence-electron chi connectivity index (χ0n) is 7.09. The molecule has 0 aliphatic heterocycles. The second-order valence-electron chi connectivity index (χ2n) is 2.50. The lowest BCUT2D eigenvalue weighted by Crippen LogP contribution is -1.93. The van der Waals surface area contributed by atoms with E-state index in [1.54, 1.807) is 6.92 Å². The van der Waals surface area contributed by atoms with Crippen LogP contribution in [0.1, 0.15) is 41.4 Å². The van der Waals surface area contributed by atoms with Crippen molar-refractivity contribution in [2.45, 2.75) is 20.3 Å². The average Bonchev–Trinajstić information content (AvgIpc) is 2.51. The van der Waals surface area contributed by atoms with Crippen LogP contribution >= 0.6 is 0 Å². The Morgan fingerprint density at radius 2 is 1.92 bits per heavy atom. The van der Waals surface area contributed by atoms with Crippen LogP contribution in [0.2, 0.25) is 0 Å². The molecule has 1 aromatic rings. The highest BCUT2D eigenvalue weighted by Gasteiger charge is 2.10. The lowest BCUT2D eigenvalue weighted by atomic mass is 10.2. The molecule has 1 aromatic heterocycles. The van der Waals surface area contributed by atoms with E-state index in [0.717, 1.165) is 0 Å². The number of Topliss-reactive ketones (excluding diaryl/α,β-unsaturated/α-hetero) is 2. The summed E-state index contributed by atoms with van der Waals surface area (Å²) in [5.74, 6) is 0.266. The summed E-state index contributed by atoms with van der Waals surface area (Å²) in [6.07, 6.45) is 0.394. The Kier molecular flexibility index (Phi) is 2.43. The molecule has 0 aliphatic carbocycles. The van der Waals surface area contributed by atoms with Crippen LogP contribution in [0.4, 0.5) is 0 Å². The van der Waals surface area contributed by atoms with Gasteiger partial charge in [0.25, 0.3) is 0 Å². The molecule has 1 rings (SSSR count). The van der Waals surface area contributed by atoms with Crippen molar-refractivity contribution in [2.24, 2.45) is 0 Å². The summed E-state index contributed by atoms with van der Waals surface area (Å²) < 4.78 is 5.00. The highest BCUT2D eigenvalue weighted by atomic mass is 16.4. The molecule has 0 N–H and O–H groups in total. The van der Waals surface area contributed by atoms with E-state index in [4.69, 9.17) is 4.42 Å². The first-order valence-electron chi connectivity index (χ1n) is 3.79. The summed E-state index contributed by atoms with van der Waals surface area (Å²) in [7, 11) is 0. The topological polar surface area (TPSA) is 47.3 Å². The molecule has 1 heterocycles. The van der Waals surface area contributed by atoms with E-state index >= 15 is 0 Å². The van der Waals surface area contributed by atoms with Gasteiger partial charge in [0.05, 0.1) is 0 Å². The lowest BCUT2D eigenvalue weighted by Gasteiger charge is -1.89. The van der Waals surface area contributed by atoms with Crippen LogP contribution in [0.5, 0.6) is 0 Å². The van der Waals surface area contributed by atoms with Crippen LogP contribution in [0.25, 0.3) is 0 Å². The normalized spacial score (nSPS) is 9.83. The molecule has 0 aliphatic rings. The van der Waals surface area contributed by atoms with Crippen LogP contribution in [-0.2, 0) is 0 Å². The summed E-state index contributed by atoms with van der Waals surface area (Å²) >= 11 is 0. The van der Waals surface area contributed by atoms with Gasteiger partial charge in [0.15, 0.2) is 23.1 Å². The van der Waals surface area contributed by atoms with Crippen LogP contribution < -0.4 is 0 Å². The number of hydrogen-bond donors (Lipinski definition) is 0. The van der Waals surface area contributed by atoms with Gasteiger partial charge in [-0.1, -0.05) is 6.92 Å². The summed E-state index contributed by atoms with van der Waals surface area (Å²) in [5, 5.41) is 0. The lowest BCUT2D eigenvalue weighted by molar-refractivity contribution is 0.0947. The molecule has 3 nitrogen and oxygen atoms in total. The minimum absolute atomic E-state index is 0.0810. The Balaban J connectivity index is 2.91. The molecule has 0 atom stereocenters. The van der Waals surface area contributed by atoms with E-state index in [-0.39, 0.29) is 23.1 Å². The monoisotopic (exact) mass is 166 g/mol. The molecule has 0 amide bonds. The van der Waals surface area contributed by atoms with Crippen LogP contribution in [0.15, 0.2) is 16.5 Å². The van der Waals surface area contributed by atoms with Crippen LogP contribution in [0, 0.1) is 0 Å². The van der Waals surface area contributed by atoms with Crippen molar-refractivity contribution in [3.8, 4) is 0 Å². The standard InChI is InChI=1S/C9H10O3/c1-3-7(11)9-5-4-8(12-9)6(2)10/h4-5H,3H2,1-2H3. The molecular formula is C9H10O3. The summed E-state index contributed by atoms with van der Waals surface area (Å²) in [4.78, 5) is 21.8. The molecular weight excluding hydrogens is 156 g/mol. The maximum Gasteiger partial charge on any atom is 0.197 e. The first-order chi connectivity index (χ1) is 5.65. The Bertz CT molecular complexity index is 309. The third-order valence-corrected chi connectivity index (χ3v) is 1.55. The molecule has 3 heteroatoms. The molecule has 0 spiro atoms. The molecule has 0 unspecified atom stereocenters.